The van der Waals surface area contributed by atoms with Gasteiger partial charge in [0.15, 0.2) is 0 Å². The van der Waals surface area contributed by atoms with Gasteiger partial charge in [0.1, 0.15) is 11.6 Å². The van der Waals surface area contributed by atoms with E-state index in [1.54, 1.807) is 32.9 Å². The van der Waals surface area contributed by atoms with Crippen LogP contribution in [0.1, 0.15) is 44.6 Å². The number of fused-ring (bicyclic) bond motifs is 1. The van der Waals surface area contributed by atoms with Gasteiger partial charge in [-0.3, -0.25) is 14.4 Å². The summed E-state index contributed by atoms with van der Waals surface area (Å²) in [4.78, 5) is 49.0. The standard InChI is InChI=1S/C35H42ClN3O5/c1-5-20-37(25-15-9-8-10-16-25)31(41)27-28-32(42)39(22-11-12-23-40)30(35(28)19-18-34(27,7-3)44-35)33(43)38(21-6-2)29-24(4)14-13-17-26(29)36/h5-6,8-10,13-17,27-28,30,40H,1-2,7,11-12,18-23H2,3-4H3/t27-,28-,30?,34+,35?/m0/s1. The lowest BCUT2D eigenvalue weighted by atomic mass is 9.64. The lowest BCUT2D eigenvalue weighted by molar-refractivity contribution is -0.146. The van der Waals surface area contributed by atoms with Crippen LogP contribution in [0.3, 0.4) is 0 Å². The Hall–Kier alpha value is -3.46. The fourth-order valence-electron chi connectivity index (χ4n) is 7.77. The number of aliphatic hydroxyl groups excluding tert-OH is 1. The first kappa shape index (κ1) is 31.9. The van der Waals surface area contributed by atoms with Crippen LogP contribution < -0.4 is 9.80 Å². The Morgan fingerprint density at radius 2 is 1.75 bits per heavy atom. The van der Waals surface area contributed by atoms with Crippen LogP contribution in [0.5, 0.6) is 0 Å². The van der Waals surface area contributed by atoms with Gasteiger partial charge in [-0.2, -0.15) is 0 Å². The third kappa shape index (κ3) is 5.07. The number of amides is 3. The van der Waals surface area contributed by atoms with E-state index in [-0.39, 0.29) is 44.0 Å². The molecule has 3 heterocycles. The molecule has 0 aliphatic carbocycles. The first-order chi connectivity index (χ1) is 21.2. The van der Waals surface area contributed by atoms with E-state index in [4.69, 9.17) is 16.3 Å². The Bertz CT molecular complexity index is 1410. The van der Waals surface area contributed by atoms with E-state index in [1.807, 2.05) is 56.3 Å². The molecule has 0 radical (unpaired) electrons. The highest BCUT2D eigenvalue weighted by Gasteiger charge is 2.79. The Morgan fingerprint density at radius 1 is 1.05 bits per heavy atom. The van der Waals surface area contributed by atoms with E-state index in [0.29, 0.717) is 48.5 Å². The van der Waals surface area contributed by atoms with E-state index in [1.165, 1.54) is 0 Å². The lowest BCUT2D eigenvalue weighted by Gasteiger charge is -2.37. The average molecular weight is 620 g/mol. The molecule has 2 aromatic carbocycles. The fraction of sp³-hybridized carbons (Fsp3) is 0.457. The summed E-state index contributed by atoms with van der Waals surface area (Å²) < 4.78 is 6.99. The average Bonchev–Trinajstić information content (AvgIpc) is 3.63. The molecular weight excluding hydrogens is 578 g/mol. The number of halogens is 1. The highest BCUT2D eigenvalue weighted by atomic mass is 35.5. The normalized spacial score (nSPS) is 26.9. The van der Waals surface area contributed by atoms with Crippen molar-refractivity contribution in [2.75, 3.05) is 36.0 Å². The van der Waals surface area contributed by atoms with Gasteiger partial charge in [0.05, 0.1) is 28.1 Å². The summed E-state index contributed by atoms with van der Waals surface area (Å²) in [6.07, 6.45) is 5.86. The minimum absolute atomic E-state index is 0.0270. The SMILES string of the molecule is C=CCN(C(=O)[C@@H]1[C@H]2C(=O)N(CCCCO)C(C(=O)N(CC=C)c3c(C)cccc3Cl)C23CC[C@@]1(CC)O3)c1ccccc1. The van der Waals surface area contributed by atoms with Crippen LogP contribution in [-0.4, -0.2) is 71.2 Å². The Morgan fingerprint density at radius 3 is 2.39 bits per heavy atom. The molecule has 5 rings (SSSR count). The van der Waals surface area contributed by atoms with Crippen LogP contribution in [0.2, 0.25) is 5.02 Å². The van der Waals surface area contributed by atoms with Gasteiger partial charge in [-0.05, 0) is 62.8 Å². The number of rotatable bonds is 13. The summed E-state index contributed by atoms with van der Waals surface area (Å²) >= 11 is 6.67. The second kappa shape index (κ2) is 12.9. The number of aryl methyl sites for hydroxylation is 1. The minimum atomic E-state index is -1.19. The van der Waals surface area contributed by atoms with Gasteiger partial charge in [0.2, 0.25) is 11.8 Å². The Labute approximate surface area is 264 Å². The number of para-hydroxylation sites is 2. The van der Waals surface area contributed by atoms with Gasteiger partial charge in [-0.15, -0.1) is 13.2 Å². The van der Waals surface area contributed by atoms with Gasteiger partial charge in [-0.25, -0.2) is 0 Å². The van der Waals surface area contributed by atoms with Gasteiger partial charge < -0.3 is 24.5 Å². The summed E-state index contributed by atoms with van der Waals surface area (Å²) in [5.41, 5.74) is 0.0215. The summed E-state index contributed by atoms with van der Waals surface area (Å²) in [6.45, 7) is 12.3. The number of likely N-dealkylation sites (tertiary alicyclic amines) is 1. The molecule has 2 bridgehead atoms. The second-order valence-electron chi connectivity index (χ2n) is 12.0. The number of unbranched alkanes of at least 4 members (excludes halogenated alkanes) is 1. The number of carbonyl (C=O) groups excluding carboxylic acids is 3. The number of anilines is 2. The number of benzene rings is 2. The smallest absolute Gasteiger partial charge is 0.253 e. The van der Waals surface area contributed by atoms with Crippen LogP contribution >= 0.6 is 11.6 Å². The van der Waals surface area contributed by atoms with Gasteiger partial charge in [0, 0.05) is 31.9 Å². The lowest BCUT2D eigenvalue weighted by Crippen LogP contribution is -2.57. The van der Waals surface area contributed by atoms with Crippen molar-refractivity contribution < 1.29 is 24.2 Å². The van der Waals surface area contributed by atoms with Gasteiger partial charge >= 0.3 is 0 Å². The van der Waals surface area contributed by atoms with Crippen molar-refractivity contribution >= 4 is 40.7 Å². The minimum Gasteiger partial charge on any atom is -0.396 e. The van der Waals surface area contributed by atoms with Crippen molar-refractivity contribution in [3.63, 3.8) is 0 Å². The van der Waals surface area contributed by atoms with Gasteiger partial charge in [-0.1, -0.05) is 61.0 Å². The predicted octanol–water partition coefficient (Wildman–Crippen LogP) is 5.31. The van der Waals surface area contributed by atoms with Crippen LogP contribution in [-0.2, 0) is 19.1 Å². The van der Waals surface area contributed by atoms with E-state index in [0.717, 1.165) is 5.56 Å². The molecule has 1 N–H and O–H groups in total. The zero-order valence-electron chi connectivity index (χ0n) is 25.6. The highest BCUT2D eigenvalue weighted by Crippen LogP contribution is 2.65. The van der Waals surface area contributed by atoms with Crippen LogP contribution in [0.4, 0.5) is 11.4 Å². The zero-order valence-corrected chi connectivity index (χ0v) is 26.3. The van der Waals surface area contributed by atoms with E-state index in [2.05, 4.69) is 13.2 Å². The quantitative estimate of drug-likeness (QED) is 0.242. The van der Waals surface area contributed by atoms with Gasteiger partial charge in [0.25, 0.3) is 5.91 Å². The first-order valence-corrected chi connectivity index (χ1v) is 15.8. The van der Waals surface area contributed by atoms with Crippen LogP contribution in [0, 0.1) is 18.8 Å². The number of hydrogen-bond donors (Lipinski definition) is 1. The predicted molar refractivity (Wildman–Crippen MR) is 173 cm³/mol. The van der Waals surface area contributed by atoms with Crippen molar-refractivity contribution in [2.24, 2.45) is 11.8 Å². The van der Waals surface area contributed by atoms with Crippen LogP contribution in [0.15, 0.2) is 73.8 Å². The molecule has 44 heavy (non-hydrogen) atoms. The Kier molecular flexibility index (Phi) is 9.35. The molecule has 3 aliphatic rings. The monoisotopic (exact) mass is 619 g/mol. The molecule has 3 aliphatic heterocycles. The molecule has 1 spiro atoms. The van der Waals surface area contributed by atoms with E-state index in [9.17, 15) is 19.5 Å². The van der Waals surface area contributed by atoms with Crippen molar-refractivity contribution in [3.05, 3.63) is 84.4 Å². The largest absolute Gasteiger partial charge is 0.396 e. The first-order valence-electron chi connectivity index (χ1n) is 15.5. The molecule has 0 aromatic heterocycles. The molecule has 234 valence electrons. The third-order valence-electron chi connectivity index (χ3n) is 9.67. The molecule has 9 heteroatoms. The Balaban J connectivity index is 1.63. The topological polar surface area (TPSA) is 90.4 Å². The molecule has 2 aromatic rings. The maximum absolute atomic E-state index is 14.9. The number of ether oxygens (including phenoxy) is 1. The third-order valence-corrected chi connectivity index (χ3v) is 9.97. The molecule has 5 atom stereocenters. The maximum Gasteiger partial charge on any atom is 0.253 e. The van der Waals surface area contributed by atoms with Crippen molar-refractivity contribution in [3.8, 4) is 0 Å². The summed E-state index contributed by atoms with van der Waals surface area (Å²) in [5, 5.41) is 9.95. The maximum atomic E-state index is 14.9. The molecule has 3 saturated heterocycles. The molecule has 2 unspecified atom stereocenters. The second-order valence-corrected chi connectivity index (χ2v) is 12.4. The molecule has 8 nitrogen and oxygen atoms in total. The summed E-state index contributed by atoms with van der Waals surface area (Å²) in [5.74, 6) is -2.38. The zero-order chi connectivity index (χ0) is 31.6. The van der Waals surface area contributed by atoms with Crippen molar-refractivity contribution in [1.82, 2.24) is 4.90 Å². The molecule has 3 amide bonds. The molecule has 3 fully saturated rings. The molecule has 0 saturated carbocycles. The highest BCUT2D eigenvalue weighted by molar-refractivity contribution is 6.34. The van der Waals surface area contributed by atoms with Crippen molar-refractivity contribution in [2.45, 2.75) is 63.2 Å². The molecular formula is C35H42ClN3O5. The number of carbonyl (C=O) groups is 3. The number of nitrogens with zero attached hydrogens (tertiary/aromatic N) is 3. The van der Waals surface area contributed by atoms with E-state index >= 15 is 0 Å². The summed E-state index contributed by atoms with van der Waals surface area (Å²) in [6, 6.07) is 13.9. The summed E-state index contributed by atoms with van der Waals surface area (Å²) in [7, 11) is 0. The van der Waals surface area contributed by atoms with E-state index < -0.39 is 29.1 Å². The number of aliphatic hydroxyl groups is 1. The number of hydrogen-bond acceptors (Lipinski definition) is 5. The fourth-order valence-corrected chi connectivity index (χ4v) is 8.09. The van der Waals surface area contributed by atoms with Crippen molar-refractivity contribution in [1.29, 1.82) is 0 Å². The van der Waals surface area contributed by atoms with Crippen LogP contribution in [0.25, 0.3) is 0 Å².